The Morgan fingerprint density at radius 1 is 1.25 bits per heavy atom. The minimum atomic E-state index is -3.91. The molecule has 0 aliphatic heterocycles. The molecule has 2 aromatic rings. The van der Waals surface area contributed by atoms with E-state index in [2.05, 4.69) is 15.0 Å². The van der Waals surface area contributed by atoms with Crippen LogP contribution in [-0.4, -0.2) is 44.5 Å². The minimum absolute atomic E-state index is 0.00424. The van der Waals surface area contributed by atoms with Crippen LogP contribution in [0.15, 0.2) is 40.2 Å². The molecule has 28 heavy (non-hydrogen) atoms. The highest BCUT2D eigenvalue weighted by atomic mass is 35.5. The molecule has 1 aromatic heterocycles. The van der Waals surface area contributed by atoms with E-state index in [-0.39, 0.29) is 27.7 Å². The number of guanidine groups is 1. The van der Waals surface area contributed by atoms with Crippen LogP contribution in [0.1, 0.15) is 18.5 Å². The van der Waals surface area contributed by atoms with Gasteiger partial charge in [0.25, 0.3) is 10.0 Å². The smallest absolute Gasteiger partial charge is 0.267 e. The first kappa shape index (κ1) is 21.7. The lowest BCUT2D eigenvalue weighted by Gasteiger charge is -2.19. The number of unbranched alkanes of at least 4 members (excludes halogenated alkanes) is 1. The number of anilines is 1. The van der Waals surface area contributed by atoms with Gasteiger partial charge < -0.3 is 16.2 Å². The Bertz CT molecular complexity index is 948. The highest BCUT2D eigenvalue weighted by molar-refractivity contribution is 7.92. The van der Waals surface area contributed by atoms with Gasteiger partial charge in [-0.15, -0.1) is 0 Å². The van der Waals surface area contributed by atoms with E-state index in [1.807, 2.05) is 0 Å². The van der Waals surface area contributed by atoms with E-state index in [0.29, 0.717) is 25.3 Å². The number of aliphatic imine (C=N–C) groups is 1. The topological polar surface area (TPSA) is 137 Å². The van der Waals surface area contributed by atoms with Gasteiger partial charge in [-0.25, -0.2) is 17.7 Å². The first-order valence-corrected chi connectivity index (χ1v) is 10.3. The van der Waals surface area contributed by atoms with Gasteiger partial charge in [0.15, 0.2) is 5.96 Å². The van der Waals surface area contributed by atoms with Crippen molar-refractivity contribution in [3.63, 3.8) is 0 Å². The van der Waals surface area contributed by atoms with Crippen LogP contribution in [0.2, 0.25) is 5.02 Å². The molecule has 2 rings (SSSR count). The van der Waals surface area contributed by atoms with Crippen LogP contribution in [0.25, 0.3) is 0 Å². The van der Waals surface area contributed by atoms with Crippen LogP contribution in [-0.2, 0) is 10.0 Å². The molecule has 0 saturated heterocycles. The third-order valence-corrected chi connectivity index (χ3v) is 5.91. The molecule has 152 valence electrons. The highest BCUT2D eigenvalue weighted by Gasteiger charge is 2.26. The molecule has 0 radical (unpaired) electrons. The molecule has 0 amide bonds. The summed E-state index contributed by atoms with van der Waals surface area (Å²) in [6.07, 6.45) is 1.46. The summed E-state index contributed by atoms with van der Waals surface area (Å²) in [4.78, 5) is 12.3. The van der Waals surface area contributed by atoms with E-state index in [0.717, 1.165) is 10.7 Å². The minimum Gasteiger partial charge on any atom is -0.478 e. The van der Waals surface area contributed by atoms with E-state index < -0.39 is 10.0 Å². The number of hydrogen-bond acceptors (Lipinski definition) is 6. The second-order valence-corrected chi connectivity index (χ2v) is 8.26. The van der Waals surface area contributed by atoms with E-state index in [9.17, 15) is 8.42 Å². The van der Waals surface area contributed by atoms with Crippen LogP contribution >= 0.6 is 11.6 Å². The third kappa shape index (κ3) is 5.70. The molecule has 1 heterocycles. The van der Waals surface area contributed by atoms with E-state index in [1.165, 1.54) is 19.2 Å². The number of ether oxygens (including phenoxy) is 1. The maximum absolute atomic E-state index is 12.9. The van der Waals surface area contributed by atoms with Crippen molar-refractivity contribution in [1.82, 2.24) is 9.97 Å². The second kappa shape index (κ2) is 9.56. The number of benzene rings is 1. The van der Waals surface area contributed by atoms with Gasteiger partial charge in [-0.05, 0) is 31.9 Å². The summed E-state index contributed by atoms with van der Waals surface area (Å²) in [6, 6.07) is 7.83. The molecule has 4 N–H and O–H groups in total. The number of nitrogens with zero attached hydrogens (tertiary/aromatic N) is 4. The molecule has 0 fully saturated rings. The zero-order valence-electron chi connectivity index (χ0n) is 15.7. The maximum Gasteiger partial charge on any atom is 0.267 e. The Morgan fingerprint density at radius 2 is 1.96 bits per heavy atom. The van der Waals surface area contributed by atoms with Crippen molar-refractivity contribution in [2.45, 2.75) is 24.7 Å². The summed E-state index contributed by atoms with van der Waals surface area (Å²) in [7, 11) is -2.55. The summed E-state index contributed by atoms with van der Waals surface area (Å²) in [6.45, 7) is 2.63. The second-order valence-electron chi connectivity index (χ2n) is 5.91. The monoisotopic (exact) mass is 426 g/mol. The van der Waals surface area contributed by atoms with Gasteiger partial charge in [0, 0.05) is 25.4 Å². The Kier molecular flexibility index (Phi) is 7.41. The van der Waals surface area contributed by atoms with Crippen molar-refractivity contribution in [3.05, 3.63) is 41.0 Å². The van der Waals surface area contributed by atoms with Crippen molar-refractivity contribution >= 4 is 33.5 Å². The summed E-state index contributed by atoms with van der Waals surface area (Å²) in [5.74, 6) is 0.334. The van der Waals surface area contributed by atoms with Crippen LogP contribution in [0.4, 0.5) is 5.95 Å². The lowest BCUT2D eigenvalue weighted by Crippen LogP contribution is -2.28. The molecule has 0 saturated carbocycles. The Hall–Kier alpha value is -2.59. The molecular formula is C17H23ClN6O3S. The molecule has 0 unspecified atom stereocenters. The van der Waals surface area contributed by atoms with E-state index >= 15 is 0 Å². The number of rotatable bonds is 9. The third-order valence-electron chi connectivity index (χ3n) is 3.67. The van der Waals surface area contributed by atoms with Gasteiger partial charge in [0.05, 0.1) is 11.6 Å². The fourth-order valence-corrected chi connectivity index (χ4v) is 3.83. The fraction of sp³-hybridized carbons (Fsp3) is 0.353. The van der Waals surface area contributed by atoms with Gasteiger partial charge in [-0.1, -0.05) is 23.7 Å². The van der Waals surface area contributed by atoms with Crippen LogP contribution < -0.4 is 20.5 Å². The summed E-state index contributed by atoms with van der Waals surface area (Å²) < 4.78 is 32.3. The Morgan fingerprint density at radius 3 is 2.64 bits per heavy atom. The van der Waals surface area contributed by atoms with Crippen LogP contribution in [0.3, 0.4) is 0 Å². The standard InChI is InChI=1S/C17H23ClN6O3S/c1-12-11-15(27-10-6-5-9-21-16(19)20)23-17(22-12)24(2)28(25,26)14-8-4-3-7-13(14)18/h3-4,7-8,11H,5-6,9-10H2,1-2H3,(H4,19,20,21). The fourth-order valence-electron chi connectivity index (χ4n) is 2.25. The molecule has 1 aromatic carbocycles. The Labute approximate surface area is 169 Å². The summed E-state index contributed by atoms with van der Waals surface area (Å²) >= 11 is 6.04. The number of sulfonamides is 1. The summed E-state index contributed by atoms with van der Waals surface area (Å²) in [5.41, 5.74) is 11.1. The van der Waals surface area contributed by atoms with Gasteiger partial charge in [0.2, 0.25) is 11.8 Å². The SMILES string of the molecule is Cc1cc(OCCCCN=C(N)N)nc(N(C)S(=O)(=O)c2ccccc2Cl)n1. The van der Waals surface area contributed by atoms with Crippen molar-refractivity contribution in [2.24, 2.45) is 16.5 Å². The number of aromatic nitrogens is 2. The Balaban J connectivity index is 2.12. The van der Waals surface area contributed by atoms with Crippen molar-refractivity contribution in [1.29, 1.82) is 0 Å². The molecule has 0 atom stereocenters. The first-order chi connectivity index (χ1) is 13.2. The van der Waals surface area contributed by atoms with E-state index in [4.69, 9.17) is 27.8 Å². The predicted octanol–water partition coefficient (Wildman–Crippen LogP) is 1.70. The maximum atomic E-state index is 12.9. The van der Waals surface area contributed by atoms with Crippen molar-refractivity contribution in [2.75, 3.05) is 24.5 Å². The number of nitrogens with two attached hydrogens (primary N) is 2. The van der Waals surface area contributed by atoms with Crippen LogP contribution in [0.5, 0.6) is 5.88 Å². The quantitative estimate of drug-likeness (QED) is 0.353. The number of aryl methyl sites for hydroxylation is 1. The molecular weight excluding hydrogens is 404 g/mol. The molecule has 0 spiro atoms. The summed E-state index contributed by atoms with van der Waals surface area (Å²) in [5, 5.41) is 0.124. The number of hydrogen-bond donors (Lipinski definition) is 2. The molecule has 11 heteroatoms. The van der Waals surface area contributed by atoms with Crippen LogP contribution in [0, 0.1) is 6.92 Å². The first-order valence-electron chi connectivity index (χ1n) is 8.49. The zero-order chi connectivity index (χ0) is 20.7. The van der Waals surface area contributed by atoms with Crippen molar-refractivity contribution < 1.29 is 13.2 Å². The zero-order valence-corrected chi connectivity index (χ0v) is 17.2. The lowest BCUT2D eigenvalue weighted by molar-refractivity contribution is 0.296. The van der Waals surface area contributed by atoms with Gasteiger partial charge in [0.1, 0.15) is 4.90 Å². The largest absolute Gasteiger partial charge is 0.478 e. The molecule has 9 nitrogen and oxygen atoms in total. The van der Waals surface area contributed by atoms with Gasteiger partial charge in [-0.2, -0.15) is 4.98 Å². The predicted molar refractivity (Wildman–Crippen MR) is 109 cm³/mol. The van der Waals surface area contributed by atoms with Crippen molar-refractivity contribution in [3.8, 4) is 5.88 Å². The van der Waals surface area contributed by atoms with Gasteiger partial charge in [-0.3, -0.25) is 4.99 Å². The molecule has 0 aliphatic rings. The molecule has 0 aliphatic carbocycles. The average molecular weight is 427 g/mol. The van der Waals surface area contributed by atoms with Gasteiger partial charge >= 0.3 is 0 Å². The molecule has 0 bridgehead atoms. The lowest BCUT2D eigenvalue weighted by atomic mass is 10.3. The number of halogens is 1. The average Bonchev–Trinajstić information content (AvgIpc) is 2.63. The van der Waals surface area contributed by atoms with E-state index in [1.54, 1.807) is 25.1 Å². The normalized spacial score (nSPS) is 11.1. The highest BCUT2D eigenvalue weighted by Crippen LogP contribution is 2.26.